The lowest BCUT2D eigenvalue weighted by molar-refractivity contribution is -0.167. The molecule has 2 rings (SSSR count). The predicted octanol–water partition coefficient (Wildman–Crippen LogP) is 3.15. The molecule has 116 valence electrons. The number of alkyl halides is 3. The number of halogens is 4. The first-order valence-electron chi connectivity index (χ1n) is 5.57. The van der Waals surface area contributed by atoms with Crippen molar-refractivity contribution >= 4 is 29.1 Å². The molecule has 2 N–H and O–H groups in total. The molecule has 5 nitrogen and oxygen atoms in total. The zero-order chi connectivity index (χ0) is 16.5. The fraction of sp³-hybridized carbons (Fsp3) is 0.0833. The van der Waals surface area contributed by atoms with Gasteiger partial charge in [0.25, 0.3) is 0 Å². The van der Waals surface area contributed by atoms with Crippen LogP contribution >= 0.6 is 11.5 Å². The summed E-state index contributed by atoms with van der Waals surface area (Å²) in [7, 11) is 0. The minimum Gasteiger partial charge on any atom is -0.477 e. The van der Waals surface area contributed by atoms with Crippen LogP contribution in [0.2, 0.25) is 0 Å². The number of nitrogens with zero attached hydrogens (tertiary/aromatic N) is 1. The van der Waals surface area contributed by atoms with Crippen LogP contribution in [-0.4, -0.2) is 27.5 Å². The topological polar surface area (TPSA) is 79.3 Å². The number of nitrogens with one attached hydrogen (secondary N) is 1. The molecule has 0 fully saturated rings. The number of carboxylic acid groups (broad SMARTS) is 1. The Morgan fingerprint density at radius 3 is 2.27 bits per heavy atom. The minimum absolute atomic E-state index is 0.169. The fourth-order valence-corrected chi connectivity index (χ4v) is 2.24. The molecule has 0 atom stereocenters. The van der Waals surface area contributed by atoms with Crippen LogP contribution in [0.3, 0.4) is 0 Å². The van der Waals surface area contributed by atoms with E-state index in [1.807, 2.05) is 0 Å². The predicted molar refractivity (Wildman–Crippen MR) is 69.2 cm³/mol. The van der Waals surface area contributed by atoms with E-state index in [0.717, 1.165) is 12.1 Å². The lowest BCUT2D eigenvalue weighted by atomic mass is 10.1. The summed E-state index contributed by atoms with van der Waals surface area (Å²) in [6.07, 6.45) is -5.18. The number of carbonyl (C=O) groups is 2. The summed E-state index contributed by atoms with van der Waals surface area (Å²) in [4.78, 5) is 21.5. The van der Waals surface area contributed by atoms with Gasteiger partial charge in [-0.25, -0.2) is 9.18 Å². The van der Waals surface area contributed by atoms with Crippen LogP contribution in [0.1, 0.15) is 9.67 Å². The zero-order valence-corrected chi connectivity index (χ0v) is 11.3. The molecule has 0 aliphatic heterocycles. The Balaban J connectivity index is 2.49. The largest absolute Gasteiger partial charge is 0.477 e. The van der Waals surface area contributed by atoms with Crippen LogP contribution in [0.25, 0.3) is 11.3 Å². The Bertz CT molecular complexity index is 725. The number of rotatable bonds is 3. The number of carbonyl (C=O) groups excluding carboxylic acids is 1. The molecule has 0 saturated heterocycles. The molecule has 0 aliphatic rings. The summed E-state index contributed by atoms with van der Waals surface area (Å²) in [6.45, 7) is 0. The summed E-state index contributed by atoms with van der Waals surface area (Å²) in [5, 5.41) is 10.5. The van der Waals surface area contributed by atoms with E-state index in [1.165, 1.54) is 17.4 Å². The fourth-order valence-electron chi connectivity index (χ4n) is 1.54. The van der Waals surface area contributed by atoms with Crippen LogP contribution in [0.15, 0.2) is 24.3 Å². The van der Waals surface area contributed by atoms with Gasteiger partial charge >= 0.3 is 18.1 Å². The minimum atomic E-state index is -5.18. The van der Waals surface area contributed by atoms with E-state index >= 15 is 0 Å². The number of hydrogen-bond acceptors (Lipinski definition) is 4. The molecule has 2 aromatic rings. The maximum atomic E-state index is 12.9. The SMILES string of the molecule is O=C(O)c1snc(-c2ccc(F)cc2)c1NC(=O)C(F)(F)F. The van der Waals surface area contributed by atoms with E-state index in [2.05, 4.69) is 4.37 Å². The van der Waals surface area contributed by atoms with Gasteiger partial charge < -0.3 is 10.4 Å². The van der Waals surface area contributed by atoms with Gasteiger partial charge in [-0.1, -0.05) is 0 Å². The quantitative estimate of drug-likeness (QED) is 0.845. The standard InChI is InChI=1S/C12H6F4N2O3S/c13-6-3-1-5(2-4-6)7-8(9(10(19)20)22-18-7)17-11(21)12(14,15)16/h1-4H,(H,17,21)(H,19,20). The number of anilines is 1. The summed E-state index contributed by atoms with van der Waals surface area (Å²) in [5.41, 5.74) is -0.589. The molecule has 1 aromatic heterocycles. The number of aromatic carboxylic acids is 1. The molecule has 0 bridgehead atoms. The van der Waals surface area contributed by atoms with Gasteiger partial charge in [0.15, 0.2) is 4.88 Å². The molecule has 0 spiro atoms. The van der Waals surface area contributed by atoms with E-state index in [1.54, 1.807) is 0 Å². The van der Waals surface area contributed by atoms with E-state index < -0.39 is 34.4 Å². The lowest BCUT2D eigenvalue weighted by Gasteiger charge is -2.09. The molecular formula is C12H6F4N2O3S. The third kappa shape index (κ3) is 3.22. The first kappa shape index (κ1) is 15.9. The highest BCUT2D eigenvalue weighted by molar-refractivity contribution is 7.09. The van der Waals surface area contributed by atoms with Crippen molar-refractivity contribution in [3.63, 3.8) is 0 Å². The third-order valence-corrected chi connectivity index (χ3v) is 3.34. The number of benzene rings is 1. The van der Waals surface area contributed by atoms with Crippen molar-refractivity contribution in [2.75, 3.05) is 5.32 Å². The van der Waals surface area contributed by atoms with Crippen molar-refractivity contribution in [2.45, 2.75) is 6.18 Å². The molecule has 10 heteroatoms. The zero-order valence-electron chi connectivity index (χ0n) is 10.4. The van der Waals surface area contributed by atoms with Crippen molar-refractivity contribution in [1.29, 1.82) is 0 Å². The highest BCUT2D eigenvalue weighted by atomic mass is 32.1. The Morgan fingerprint density at radius 2 is 1.77 bits per heavy atom. The number of aromatic nitrogens is 1. The van der Waals surface area contributed by atoms with Crippen LogP contribution in [0.4, 0.5) is 23.2 Å². The maximum Gasteiger partial charge on any atom is 0.471 e. The maximum absolute atomic E-state index is 12.9. The van der Waals surface area contributed by atoms with Crippen LogP contribution < -0.4 is 5.32 Å². The van der Waals surface area contributed by atoms with Gasteiger partial charge in [0.2, 0.25) is 0 Å². The molecule has 1 heterocycles. The smallest absolute Gasteiger partial charge is 0.471 e. The summed E-state index contributed by atoms with van der Waals surface area (Å²) in [6, 6.07) is 4.48. The summed E-state index contributed by atoms with van der Waals surface area (Å²) >= 11 is 0.411. The highest BCUT2D eigenvalue weighted by Gasteiger charge is 2.40. The van der Waals surface area contributed by atoms with Crippen LogP contribution in [0.5, 0.6) is 0 Å². The number of hydrogen-bond donors (Lipinski definition) is 2. The van der Waals surface area contributed by atoms with Gasteiger partial charge in [-0.2, -0.15) is 17.5 Å². The van der Waals surface area contributed by atoms with E-state index in [-0.39, 0.29) is 11.3 Å². The van der Waals surface area contributed by atoms with Crippen molar-refractivity contribution in [1.82, 2.24) is 4.37 Å². The van der Waals surface area contributed by atoms with Crippen LogP contribution in [0, 0.1) is 5.82 Å². The Labute approximate surface area is 124 Å². The summed E-state index contributed by atoms with van der Waals surface area (Å²) in [5.74, 6) is -4.44. The molecule has 22 heavy (non-hydrogen) atoms. The lowest BCUT2D eigenvalue weighted by Crippen LogP contribution is -2.30. The molecule has 0 unspecified atom stereocenters. The van der Waals surface area contributed by atoms with Crippen molar-refractivity contribution < 1.29 is 32.3 Å². The first-order chi connectivity index (χ1) is 10.2. The van der Waals surface area contributed by atoms with E-state index in [9.17, 15) is 27.2 Å². The number of amides is 1. The van der Waals surface area contributed by atoms with Crippen molar-refractivity contribution in [3.8, 4) is 11.3 Å². The van der Waals surface area contributed by atoms with Gasteiger partial charge in [-0.3, -0.25) is 4.79 Å². The Hall–Kier alpha value is -2.49. The van der Waals surface area contributed by atoms with Gasteiger partial charge in [-0.05, 0) is 35.8 Å². The monoisotopic (exact) mass is 334 g/mol. The van der Waals surface area contributed by atoms with E-state index in [4.69, 9.17) is 5.11 Å². The second-order valence-corrected chi connectivity index (χ2v) is 4.77. The van der Waals surface area contributed by atoms with Gasteiger partial charge in [0, 0.05) is 5.56 Å². The normalized spacial score (nSPS) is 11.3. The summed E-state index contributed by atoms with van der Waals surface area (Å²) < 4.78 is 53.6. The van der Waals surface area contributed by atoms with Gasteiger partial charge in [0.1, 0.15) is 11.5 Å². The average molecular weight is 334 g/mol. The molecule has 0 saturated carbocycles. The highest BCUT2D eigenvalue weighted by Crippen LogP contribution is 2.34. The van der Waals surface area contributed by atoms with Crippen molar-refractivity contribution in [3.05, 3.63) is 35.0 Å². The second-order valence-electron chi connectivity index (χ2n) is 4.00. The number of carboxylic acids is 1. The van der Waals surface area contributed by atoms with Crippen molar-refractivity contribution in [2.24, 2.45) is 0 Å². The molecule has 0 radical (unpaired) electrons. The average Bonchev–Trinajstić information content (AvgIpc) is 2.82. The van der Waals surface area contributed by atoms with E-state index in [0.29, 0.717) is 11.5 Å². The van der Waals surface area contributed by atoms with Gasteiger partial charge in [-0.15, -0.1) is 0 Å². The third-order valence-electron chi connectivity index (χ3n) is 2.50. The van der Waals surface area contributed by atoms with Gasteiger partial charge in [0.05, 0.1) is 5.69 Å². The first-order valence-corrected chi connectivity index (χ1v) is 6.34. The second kappa shape index (κ2) is 5.72. The molecular weight excluding hydrogens is 328 g/mol. The Morgan fingerprint density at radius 1 is 1.18 bits per heavy atom. The Kier molecular flexibility index (Phi) is 4.13. The molecule has 1 aromatic carbocycles. The molecule has 1 amide bonds. The molecule has 0 aliphatic carbocycles. The van der Waals surface area contributed by atoms with Crippen LogP contribution in [-0.2, 0) is 4.79 Å².